The number of aromatic nitrogens is 1. The number of carbonyl (C=O) groups excluding carboxylic acids is 2. The van der Waals surface area contributed by atoms with Crippen LogP contribution in [0.25, 0.3) is 11.3 Å². The van der Waals surface area contributed by atoms with E-state index in [2.05, 4.69) is 20.9 Å². The molecule has 7 heteroatoms. The number of fused-ring (bicyclic) bond motifs is 3. The molecule has 3 rings (SSSR count). The van der Waals surface area contributed by atoms with Gasteiger partial charge in [-0.25, -0.2) is 9.78 Å². The molecule has 0 bridgehead atoms. The molecule has 1 aromatic carbocycles. The topological polar surface area (TPSA) is 65.5 Å². The molecule has 0 atom stereocenters. The summed E-state index contributed by atoms with van der Waals surface area (Å²) in [4.78, 5) is 28.7. The fourth-order valence-corrected chi connectivity index (χ4v) is 3.25. The van der Waals surface area contributed by atoms with Gasteiger partial charge in [0.1, 0.15) is 10.6 Å². The van der Waals surface area contributed by atoms with Crippen molar-refractivity contribution in [1.29, 1.82) is 0 Å². The smallest absolute Gasteiger partial charge is 0.367 e. The second-order valence-corrected chi connectivity index (χ2v) is 6.18. The average Bonchev–Trinajstić information content (AvgIpc) is 2.86. The number of thiazole rings is 1. The highest BCUT2D eigenvalue weighted by Crippen LogP contribution is 2.39. The summed E-state index contributed by atoms with van der Waals surface area (Å²) in [5.74, 6) is -0.128. The van der Waals surface area contributed by atoms with Crippen LogP contribution in [0.15, 0.2) is 22.7 Å². The van der Waals surface area contributed by atoms with Crippen molar-refractivity contribution in [3.63, 3.8) is 0 Å². The summed E-state index contributed by atoms with van der Waals surface area (Å²) in [5.41, 5.74) is 1.17. The van der Waals surface area contributed by atoms with E-state index in [1.807, 2.05) is 12.1 Å². The van der Waals surface area contributed by atoms with E-state index in [-0.39, 0.29) is 24.0 Å². The number of hydrogen-bond acceptors (Lipinski definition) is 6. The number of Topliss-reactive ketones (excluding diaryl/α,β-unsaturated/α-hetero) is 1. The molecule has 2 heterocycles. The quantitative estimate of drug-likeness (QED) is 0.761. The van der Waals surface area contributed by atoms with E-state index >= 15 is 0 Å². The van der Waals surface area contributed by atoms with Crippen LogP contribution < -0.4 is 4.74 Å². The molecular formula is C14H10BrNO4S. The number of esters is 1. The zero-order valence-corrected chi connectivity index (χ0v) is 13.4. The maximum absolute atomic E-state index is 12.1. The molecule has 0 unspecified atom stereocenters. The van der Waals surface area contributed by atoms with Gasteiger partial charge in [0, 0.05) is 10.0 Å². The first-order valence-corrected chi connectivity index (χ1v) is 7.85. The maximum Gasteiger partial charge on any atom is 0.367 e. The summed E-state index contributed by atoms with van der Waals surface area (Å²) in [6.45, 7) is 1.93. The van der Waals surface area contributed by atoms with Crippen molar-refractivity contribution < 1.29 is 19.1 Å². The first-order chi connectivity index (χ1) is 10.1. The third-order valence-electron chi connectivity index (χ3n) is 2.89. The molecule has 1 aliphatic heterocycles. The molecule has 21 heavy (non-hydrogen) atoms. The Bertz CT molecular complexity index is 741. The number of ketones is 1. The van der Waals surface area contributed by atoms with Crippen molar-refractivity contribution in [2.24, 2.45) is 0 Å². The lowest BCUT2D eigenvalue weighted by Crippen LogP contribution is -2.08. The van der Waals surface area contributed by atoms with Crippen molar-refractivity contribution in [2.75, 3.05) is 13.2 Å². The molecule has 108 valence electrons. The van der Waals surface area contributed by atoms with Gasteiger partial charge in [0.15, 0.2) is 6.61 Å². The van der Waals surface area contributed by atoms with Crippen LogP contribution in [0, 0.1) is 0 Å². The van der Waals surface area contributed by atoms with Gasteiger partial charge >= 0.3 is 5.97 Å². The summed E-state index contributed by atoms with van der Waals surface area (Å²) in [6.07, 6.45) is 0. The van der Waals surface area contributed by atoms with Gasteiger partial charge in [-0.15, -0.1) is 11.3 Å². The SMILES string of the molecule is CCOC(=O)c1nc2c(s1)C(=O)COc1ccc(Br)cc1-2. The number of benzene rings is 1. The predicted molar refractivity (Wildman–Crippen MR) is 81.0 cm³/mol. The maximum atomic E-state index is 12.1. The van der Waals surface area contributed by atoms with Crippen LogP contribution in [0.3, 0.4) is 0 Å². The van der Waals surface area contributed by atoms with E-state index < -0.39 is 5.97 Å². The summed E-state index contributed by atoms with van der Waals surface area (Å²) in [5, 5.41) is 0.183. The Morgan fingerprint density at radius 2 is 2.33 bits per heavy atom. The summed E-state index contributed by atoms with van der Waals surface area (Å²) < 4.78 is 11.3. The van der Waals surface area contributed by atoms with Crippen LogP contribution in [0.4, 0.5) is 0 Å². The third kappa shape index (κ3) is 2.58. The zero-order chi connectivity index (χ0) is 15.0. The highest BCUT2D eigenvalue weighted by molar-refractivity contribution is 9.10. The predicted octanol–water partition coefficient (Wildman–Crippen LogP) is 3.32. The normalized spacial score (nSPS) is 13.0. The minimum Gasteiger partial charge on any atom is -0.485 e. The van der Waals surface area contributed by atoms with Gasteiger partial charge in [-0.05, 0) is 25.1 Å². The molecule has 0 spiro atoms. The molecule has 1 aliphatic rings. The van der Waals surface area contributed by atoms with Crippen molar-refractivity contribution in [2.45, 2.75) is 6.92 Å². The molecule has 2 aromatic rings. The molecule has 0 saturated heterocycles. The van der Waals surface area contributed by atoms with Gasteiger partial charge in [0.05, 0.1) is 12.3 Å². The molecule has 0 N–H and O–H groups in total. The van der Waals surface area contributed by atoms with Gasteiger partial charge < -0.3 is 9.47 Å². The highest BCUT2D eigenvalue weighted by atomic mass is 79.9. The fourth-order valence-electron chi connectivity index (χ4n) is 1.99. The monoisotopic (exact) mass is 367 g/mol. The van der Waals surface area contributed by atoms with E-state index in [9.17, 15) is 9.59 Å². The largest absolute Gasteiger partial charge is 0.485 e. The molecular weight excluding hydrogens is 358 g/mol. The Morgan fingerprint density at radius 1 is 1.52 bits per heavy atom. The molecule has 1 aromatic heterocycles. The second kappa shape index (κ2) is 5.57. The van der Waals surface area contributed by atoms with Crippen LogP contribution in [0.2, 0.25) is 0 Å². The number of halogens is 1. The lowest BCUT2D eigenvalue weighted by molar-refractivity contribution is 0.0526. The van der Waals surface area contributed by atoms with Gasteiger partial charge in [-0.1, -0.05) is 15.9 Å². The lowest BCUT2D eigenvalue weighted by atomic mass is 10.1. The minimum absolute atomic E-state index is 0.0634. The Balaban J connectivity index is 2.16. The van der Waals surface area contributed by atoms with E-state index in [0.29, 0.717) is 21.9 Å². The van der Waals surface area contributed by atoms with Crippen molar-refractivity contribution in [1.82, 2.24) is 4.98 Å². The first-order valence-electron chi connectivity index (χ1n) is 6.24. The number of carbonyl (C=O) groups is 2. The third-order valence-corrected chi connectivity index (χ3v) is 4.46. The molecule has 0 aliphatic carbocycles. The second-order valence-electron chi connectivity index (χ2n) is 4.27. The standard InChI is InChI=1S/C14H10BrNO4S/c1-2-19-14(18)13-16-11-8-5-7(15)3-4-10(8)20-6-9(17)12(11)21-13/h3-5H,2,6H2,1H3. The van der Waals surface area contributed by atoms with Crippen molar-refractivity contribution in [3.8, 4) is 17.0 Å². The summed E-state index contributed by atoms with van der Waals surface area (Å²) in [7, 11) is 0. The molecule has 0 radical (unpaired) electrons. The Labute approximate surface area is 133 Å². The first kappa shape index (κ1) is 14.2. The minimum atomic E-state index is -0.513. The fraction of sp³-hybridized carbons (Fsp3) is 0.214. The van der Waals surface area contributed by atoms with Crippen LogP contribution in [-0.4, -0.2) is 30.0 Å². The number of hydrogen-bond donors (Lipinski definition) is 0. The Morgan fingerprint density at radius 3 is 3.10 bits per heavy atom. The molecule has 5 nitrogen and oxygen atoms in total. The highest BCUT2D eigenvalue weighted by Gasteiger charge is 2.28. The molecule has 0 fully saturated rings. The van der Waals surface area contributed by atoms with Crippen molar-refractivity contribution >= 4 is 39.0 Å². The van der Waals surface area contributed by atoms with E-state index in [4.69, 9.17) is 9.47 Å². The van der Waals surface area contributed by atoms with Crippen LogP contribution >= 0.6 is 27.3 Å². The molecule has 0 amide bonds. The van der Waals surface area contributed by atoms with Crippen LogP contribution in [-0.2, 0) is 4.74 Å². The number of rotatable bonds is 2. The summed E-state index contributed by atoms with van der Waals surface area (Å²) in [6, 6.07) is 5.42. The van der Waals surface area contributed by atoms with E-state index in [0.717, 1.165) is 15.8 Å². The molecule has 0 saturated carbocycles. The van der Waals surface area contributed by atoms with Crippen molar-refractivity contribution in [3.05, 3.63) is 32.6 Å². The van der Waals surface area contributed by atoms with E-state index in [1.54, 1.807) is 13.0 Å². The zero-order valence-electron chi connectivity index (χ0n) is 11.0. The number of nitrogens with zero attached hydrogens (tertiary/aromatic N) is 1. The van der Waals surface area contributed by atoms with E-state index in [1.165, 1.54) is 0 Å². The van der Waals surface area contributed by atoms with Gasteiger partial charge in [0.2, 0.25) is 10.8 Å². The Hall–Kier alpha value is -1.73. The number of ether oxygens (including phenoxy) is 2. The average molecular weight is 368 g/mol. The lowest BCUT2D eigenvalue weighted by Gasteiger charge is -2.06. The van der Waals surface area contributed by atoms with Gasteiger partial charge in [0.25, 0.3) is 0 Å². The van der Waals surface area contributed by atoms with Crippen LogP contribution in [0.5, 0.6) is 5.75 Å². The van der Waals surface area contributed by atoms with Gasteiger partial charge in [-0.2, -0.15) is 0 Å². The van der Waals surface area contributed by atoms with Gasteiger partial charge in [-0.3, -0.25) is 4.79 Å². The summed E-state index contributed by atoms with van der Waals surface area (Å²) >= 11 is 4.43. The van der Waals surface area contributed by atoms with Crippen LogP contribution in [0.1, 0.15) is 26.4 Å². The Kier molecular flexibility index (Phi) is 3.77.